The normalized spacial score (nSPS) is 38.9. The average Bonchev–Trinajstić information content (AvgIpc) is 2.27. The van der Waals surface area contributed by atoms with E-state index >= 15 is 0 Å². The van der Waals surface area contributed by atoms with Crippen LogP contribution in [0, 0.1) is 0 Å². The Morgan fingerprint density at radius 3 is 2.60 bits per heavy atom. The smallest absolute Gasteiger partial charge is 0.410 e. The summed E-state index contributed by atoms with van der Waals surface area (Å²) in [5.74, 6) is 0. The van der Waals surface area contributed by atoms with Gasteiger partial charge in [-0.25, -0.2) is 4.79 Å². The van der Waals surface area contributed by atoms with Crippen LogP contribution in [0.4, 0.5) is 4.79 Å². The van der Waals surface area contributed by atoms with Gasteiger partial charge in [-0.1, -0.05) is 0 Å². The lowest BCUT2D eigenvalue weighted by Gasteiger charge is -2.53. The molecule has 2 aliphatic heterocycles. The van der Waals surface area contributed by atoms with Crippen molar-refractivity contribution in [3.05, 3.63) is 0 Å². The first-order valence-corrected chi connectivity index (χ1v) is 5.16. The monoisotopic (exact) mass is 213 g/mol. The molecule has 3 aliphatic rings. The van der Waals surface area contributed by atoms with Crippen LogP contribution in [0.15, 0.2) is 0 Å². The minimum absolute atomic E-state index is 0.0432. The lowest BCUT2D eigenvalue weighted by molar-refractivity contribution is -0.148. The van der Waals surface area contributed by atoms with Crippen LogP contribution in [0.25, 0.3) is 0 Å². The van der Waals surface area contributed by atoms with Gasteiger partial charge in [0.2, 0.25) is 0 Å². The molecule has 0 aromatic heterocycles. The zero-order valence-corrected chi connectivity index (χ0v) is 8.68. The molecule has 3 fully saturated rings. The number of nitrogens with zero attached hydrogens (tertiary/aromatic N) is 1. The van der Waals surface area contributed by atoms with E-state index in [4.69, 9.17) is 0 Å². The van der Waals surface area contributed by atoms with E-state index in [1.165, 1.54) is 12.0 Å². The molecule has 15 heavy (non-hydrogen) atoms. The zero-order valence-electron chi connectivity index (χ0n) is 8.68. The summed E-state index contributed by atoms with van der Waals surface area (Å²) in [6.07, 6.45) is 2.81. The van der Waals surface area contributed by atoms with Crippen LogP contribution in [0.3, 0.4) is 0 Å². The fourth-order valence-corrected chi connectivity index (χ4v) is 2.72. The van der Waals surface area contributed by atoms with Gasteiger partial charge in [0.1, 0.15) is 12.3 Å². The first-order chi connectivity index (χ1) is 7.12. The highest BCUT2D eigenvalue weighted by molar-refractivity contribution is 5.75. The molecule has 2 heterocycles. The van der Waals surface area contributed by atoms with Crippen LogP contribution in [-0.4, -0.2) is 47.2 Å². The first kappa shape index (κ1) is 10.4. The van der Waals surface area contributed by atoms with Crippen molar-refractivity contribution in [3.63, 3.8) is 0 Å². The van der Waals surface area contributed by atoms with Gasteiger partial charge < -0.3 is 14.6 Å². The van der Waals surface area contributed by atoms with E-state index in [9.17, 15) is 14.7 Å². The topological polar surface area (TPSA) is 66.8 Å². The van der Waals surface area contributed by atoms with Crippen LogP contribution in [0.1, 0.15) is 25.7 Å². The Morgan fingerprint density at radius 2 is 2.13 bits per heavy atom. The SMILES string of the molecule is COC(=O)N1C2CCC(O)(CC2)[C@@H]1C=O. The summed E-state index contributed by atoms with van der Waals surface area (Å²) in [7, 11) is 1.29. The summed E-state index contributed by atoms with van der Waals surface area (Å²) < 4.78 is 4.64. The highest BCUT2D eigenvalue weighted by Gasteiger charge is 2.53. The Kier molecular flexibility index (Phi) is 2.42. The van der Waals surface area contributed by atoms with Crippen molar-refractivity contribution in [2.75, 3.05) is 7.11 Å². The maximum atomic E-state index is 11.5. The van der Waals surface area contributed by atoms with E-state index < -0.39 is 17.7 Å². The average molecular weight is 213 g/mol. The predicted molar refractivity (Wildman–Crippen MR) is 51.3 cm³/mol. The molecular formula is C10H15NO4. The summed E-state index contributed by atoms with van der Waals surface area (Å²) >= 11 is 0. The third-order valence-electron chi connectivity index (χ3n) is 3.58. The van der Waals surface area contributed by atoms with Crippen molar-refractivity contribution in [3.8, 4) is 0 Å². The Hall–Kier alpha value is -1.10. The van der Waals surface area contributed by atoms with Crippen LogP contribution < -0.4 is 0 Å². The Balaban J connectivity index is 2.29. The number of ether oxygens (including phenoxy) is 1. The van der Waals surface area contributed by atoms with Crippen LogP contribution >= 0.6 is 0 Å². The number of fused-ring (bicyclic) bond motifs is 3. The molecule has 1 atom stereocenters. The molecule has 1 aliphatic carbocycles. The van der Waals surface area contributed by atoms with Crippen molar-refractivity contribution in [1.29, 1.82) is 0 Å². The molecule has 1 N–H and O–H groups in total. The highest BCUT2D eigenvalue weighted by Crippen LogP contribution is 2.42. The maximum absolute atomic E-state index is 11.5. The van der Waals surface area contributed by atoms with Crippen molar-refractivity contribution in [1.82, 2.24) is 4.90 Å². The van der Waals surface area contributed by atoms with Crippen molar-refractivity contribution in [2.45, 2.75) is 43.4 Å². The molecule has 0 aromatic rings. The van der Waals surface area contributed by atoms with E-state index in [0.29, 0.717) is 19.1 Å². The number of piperidine rings is 2. The second-order valence-electron chi connectivity index (χ2n) is 4.29. The summed E-state index contributed by atoms with van der Waals surface area (Å²) in [6.45, 7) is 0. The van der Waals surface area contributed by atoms with E-state index in [0.717, 1.165) is 12.8 Å². The van der Waals surface area contributed by atoms with Crippen LogP contribution in [0.2, 0.25) is 0 Å². The zero-order chi connectivity index (χ0) is 11.1. The molecule has 2 bridgehead atoms. The van der Waals surface area contributed by atoms with Crippen molar-refractivity contribution >= 4 is 12.4 Å². The molecule has 1 saturated carbocycles. The summed E-state index contributed by atoms with van der Waals surface area (Å²) in [5.41, 5.74) is -1.04. The van der Waals surface area contributed by atoms with Gasteiger partial charge in [-0.2, -0.15) is 0 Å². The fourth-order valence-electron chi connectivity index (χ4n) is 2.72. The molecule has 0 radical (unpaired) electrons. The van der Waals surface area contributed by atoms with Gasteiger partial charge >= 0.3 is 6.09 Å². The second kappa shape index (κ2) is 3.48. The predicted octanol–water partition coefficient (Wildman–Crippen LogP) is 0.310. The van der Waals surface area contributed by atoms with Crippen LogP contribution in [0.5, 0.6) is 0 Å². The summed E-state index contributed by atoms with van der Waals surface area (Å²) in [4.78, 5) is 23.9. The van der Waals surface area contributed by atoms with E-state index in [1.807, 2.05) is 0 Å². The lowest BCUT2D eigenvalue weighted by Crippen LogP contribution is -2.66. The number of aliphatic hydroxyl groups is 1. The highest BCUT2D eigenvalue weighted by atomic mass is 16.5. The number of hydrogen-bond acceptors (Lipinski definition) is 4. The third kappa shape index (κ3) is 1.42. The van der Waals surface area contributed by atoms with E-state index in [1.54, 1.807) is 0 Å². The minimum atomic E-state index is -1.04. The molecule has 1 amide bonds. The van der Waals surface area contributed by atoms with Crippen molar-refractivity contribution in [2.24, 2.45) is 0 Å². The number of amides is 1. The molecule has 2 saturated heterocycles. The van der Waals surface area contributed by atoms with Gasteiger partial charge in [0.05, 0.1) is 12.7 Å². The number of carbonyl (C=O) groups excluding carboxylic acids is 2. The quantitative estimate of drug-likeness (QED) is 0.636. The van der Waals surface area contributed by atoms with Crippen LogP contribution in [-0.2, 0) is 9.53 Å². The van der Waals surface area contributed by atoms with Gasteiger partial charge in [-0.15, -0.1) is 0 Å². The lowest BCUT2D eigenvalue weighted by atomic mass is 9.71. The van der Waals surface area contributed by atoms with Gasteiger partial charge in [-0.05, 0) is 25.7 Å². The fraction of sp³-hybridized carbons (Fsp3) is 0.800. The van der Waals surface area contributed by atoms with Gasteiger partial charge in [0.25, 0.3) is 0 Å². The van der Waals surface area contributed by atoms with E-state index in [2.05, 4.69) is 4.74 Å². The molecule has 0 unspecified atom stereocenters. The second-order valence-corrected chi connectivity index (χ2v) is 4.29. The van der Waals surface area contributed by atoms with Gasteiger partial charge in [-0.3, -0.25) is 4.90 Å². The standard InChI is InChI=1S/C10H15NO4/c1-15-9(13)11-7-2-4-10(14,5-3-7)8(11)6-12/h6-8,14H,2-5H2,1H3/t7?,8-,10?/m0/s1. The molecule has 3 rings (SSSR count). The molecule has 5 heteroatoms. The number of methoxy groups -OCH3 is 1. The minimum Gasteiger partial charge on any atom is -0.453 e. The Morgan fingerprint density at radius 1 is 1.53 bits per heavy atom. The van der Waals surface area contributed by atoms with E-state index in [-0.39, 0.29) is 6.04 Å². The van der Waals surface area contributed by atoms with Gasteiger partial charge in [0.15, 0.2) is 0 Å². The Bertz CT molecular complexity index is 283. The number of rotatable bonds is 1. The Labute approximate surface area is 88.0 Å². The molecule has 0 aromatic carbocycles. The molecule has 0 spiro atoms. The van der Waals surface area contributed by atoms with Crippen molar-refractivity contribution < 1.29 is 19.4 Å². The first-order valence-electron chi connectivity index (χ1n) is 5.16. The number of hydrogen-bond donors (Lipinski definition) is 1. The molecule has 84 valence electrons. The molecular weight excluding hydrogens is 198 g/mol. The number of aldehydes is 1. The summed E-state index contributed by atoms with van der Waals surface area (Å²) in [5, 5.41) is 10.2. The summed E-state index contributed by atoms with van der Waals surface area (Å²) in [6, 6.07) is -0.695. The largest absolute Gasteiger partial charge is 0.453 e. The third-order valence-corrected chi connectivity index (χ3v) is 3.58. The van der Waals surface area contributed by atoms with Gasteiger partial charge in [0, 0.05) is 6.04 Å². The number of carbonyl (C=O) groups is 2. The maximum Gasteiger partial charge on any atom is 0.410 e. The molecule has 5 nitrogen and oxygen atoms in total.